The van der Waals surface area contributed by atoms with Crippen molar-refractivity contribution in [1.29, 1.82) is 0 Å². The first kappa shape index (κ1) is 16.1. The SMILES string of the molecule is NC(N)=NCCC[C@@H](C=O)NS(=O)(=O)c1ccccc1. The molecule has 0 spiro atoms. The third-order valence-corrected chi connectivity index (χ3v) is 4.00. The van der Waals surface area contributed by atoms with Gasteiger partial charge in [-0.2, -0.15) is 0 Å². The zero-order valence-corrected chi connectivity index (χ0v) is 11.7. The first-order chi connectivity index (χ1) is 9.45. The molecule has 0 unspecified atom stereocenters. The van der Waals surface area contributed by atoms with Crippen LogP contribution in [0, 0.1) is 0 Å². The molecule has 1 aromatic rings. The van der Waals surface area contributed by atoms with Crippen LogP contribution in [0.1, 0.15) is 12.8 Å². The van der Waals surface area contributed by atoms with Gasteiger partial charge in [-0.15, -0.1) is 0 Å². The second kappa shape index (κ2) is 7.61. The van der Waals surface area contributed by atoms with E-state index >= 15 is 0 Å². The fourth-order valence-electron chi connectivity index (χ4n) is 1.54. The van der Waals surface area contributed by atoms with Gasteiger partial charge in [0.1, 0.15) is 6.29 Å². The minimum atomic E-state index is -3.69. The number of aliphatic imine (C=N–C) groups is 1. The van der Waals surface area contributed by atoms with E-state index in [0.29, 0.717) is 25.7 Å². The van der Waals surface area contributed by atoms with E-state index in [1.54, 1.807) is 18.2 Å². The first-order valence-electron chi connectivity index (χ1n) is 6.04. The highest BCUT2D eigenvalue weighted by atomic mass is 32.2. The average molecular weight is 298 g/mol. The molecule has 0 saturated carbocycles. The number of nitrogens with one attached hydrogen (secondary N) is 1. The van der Waals surface area contributed by atoms with Gasteiger partial charge in [0.05, 0.1) is 10.9 Å². The quantitative estimate of drug-likeness (QED) is 0.260. The molecule has 0 bridgehead atoms. The van der Waals surface area contributed by atoms with Crippen LogP contribution in [0.4, 0.5) is 0 Å². The Bertz CT molecular complexity index is 553. The molecule has 0 heterocycles. The van der Waals surface area contributed by atoms with Crippen LogP contribution in [0.5, 0.6) is 0 Å². The van der Waals surface area contributed by atoms with Crippen molar-refractivity contribution in [1.82, 2.24) is 4.72 Å². The zero-order chi connectivity index (χ0) is 15.0. The number of carbonyl (C=O) groups is 1. The molecule has 0 saturated heterocycles. The largest absolute Gasteiger partial charge is 0.370 e. The Labute approximate surface area is 118 Å². The number of hydrogen-bond donors (Lipinski definition) is 3. The number of carbonyl (C=O) groups excluding carboxylic acids is 1. The number of sulfonamides is 1. The standard InChI is InChI=1S/C12H18N4O3S/c13-12(14)15-8-4-5-10(9-17)16-20(18,19)11-6-2-1-3-7-11/h1-3,6-7,9-10,16H,4-5,8H2,(H4,13,14,15)/t10-/m0/s1. The van der Waals surface area contributed by atoms with Gasteiger partial charge in [0.15, 0.2) is 5.96 Å². The maximum atomic E-state index is 12.0. The lowest BCUT2D eigenvalue weighted by Crippen LogP contribution is -2.36. The minimum Gasteiger partial charge on any atom is -0.370 e. The summed E-state index contributed by atoms with van der Waals surface area (Å²) >= 11 is 0. The van der Waals surface area contributed by atoms with Crippen molar-refractivity contribution in [3.8, 4) is 0 Å². The lowest BCUT2D eigenvalue weighted by Gasteiger charge is -2.12. The predicted molar refractivity (Wildman–Crippen MR) is 76.5 cm³/mol. The Morgan fingerprint density at radius 2 is 1.95 bits per heavy atom. The minimum absolute atomic E-state index is 0.0301. The summed E-state index contributed by atoms with van der Waals surface area (Å²) in [6, 6.07) is 7.07. The first-order valence-corrected chi connectivity index (χ1v) is 7.52. The van der Waals surface area contributed by atoms with Gasteiger partial charge in [-0.1, -0.05) is 18.2 Å². The second-order valence-electron chi connectivity index (χ2n) is 4.13. The maximum Gasteiger partial charge on any atom is 0.241 e. The van der Waals surface area contributed by atoms with Gasteiger partial charge in [-0.3, -0.25) is 4.99 Å². The van der Waals surface area contributed by atoms with E-state index in [9.17, 15) is 13.2 Å². The van der Waals surface area contributed by atoms with E-state index < -0.39 is 16.1 Å². The molecule has 0 amide bonds. The van der Waals surface area contributed by atoms with Gasteiger partial charge in [0.25, 0.3) is 0 Å². The van der Waals surface area contributed by atoms with Crippen molar-refractivity contribution in [2.24, 2.45) is 16.5 Å². The Morgan fingerprint density at radius 3 is 2.50 bits per heavy atom. The lowest BCUT2D eigenvalue weighted by atomic mass is 10.2. The van der Waals surface area contributed by atoms with Gasteiger partial charge < -0.3 is 16.3 Å². The van der Waals surface area contributed by atoms with Gasteiger partial charge in [0, 0.05) is 6.54 Å². The van der Waals surface area contributed by atoms with Crippen molar-refractivity contribution in [2.75, 3.05) is 6.54 Å². The van der Waals surface area contributed by atoms with Crippen molar-refractivity contribution in [3.63, 3.8) is 0 Å². The van der Waals surface area contributed by atoms with Crippen LogP contribution >= 0.6 is 0 Å². The molecule has 1 rings (SSSR count). The van der Waals surface area contributed by atoms with Crippen LogP contribution in [-0.4, -0.2) is 33.3 Å². The molecule has 0 radical (unpaired) electrons. The van der Waals surface area contributed by atoms with Crippen LogP contribution in [0.2, 0.25) is 0 Å². The fraction of sp³-hybridized carbons (Fsp3) is 0.333. The number of benzene rings is 1. The summed E-state index contributed by atoms with van der Waals surface area (Å²) in [6.45, 7) is 0.347. The smallest absolute Gasteiger partial charge is 0.241 e. The predicted octanol–water partition coefficient (Wildman–Crippen LogP) is -0.414. The summed E-state index contributed by atoms with van der Waals surface area (Å²) in [5.41, 5.74) is 10.3. The normalized spacial score (nSPS) is 12.6. The summed E-state index contributed by atoms with van der Waals surface area (Å²) < 4.78 is 26.4. The number of guanidine groups is 1. The number of aldehydes is 1. The third-order valence-electron chi connectivity index (χ3n) is 2.49. The fourth-order valence-corrected chi connectivity index (χ4v) is 2.76. The molecule has 0 fully saturated rings. The molecule has 0 aliphatic heterocycles. The molecule has 1 atom stereocenters. The van der Waals surface area contributed by atoms with E-state index in [-0.39, 0.29) is 10.9 Å². The van der Waals surface area contributed by atoms with Crippen LogP contribution in [-0.2, 0) is 14.8 Å². The van der Waals surface area contributed by atoms with Crippen molar-refractivity contribution >= 4 is 22.3 Å². The lowest BCUT2D eigenvalue weighted by molar-refractivity contribution is -0.109. The van der Waals surface area contributed by atoms with Crippen molar-refractivity contribution < 1.29 is 13.2 Å². The Kier molecular flexibility index (Phi) is 6.13. The number of nitrogens with two attached hydrogens (primary N) is 2. The molecule has 0 aliphatic carbocycles. The monoisotopic (exact) mass is 298 g/mol. The third kappa shape index (κ3) is 5.37. The van der Waals surface area contributed by atoms with Crippen LogP contribution < -0.4 is 16.2 Å². The van der Waals surface area contributed by atoms with Gasteiger partial charge in [0.2, 0.25) is 10.0 Å². The summed E-state index contributed by atoms with van der Waals surface area (Å²) in [7, 11) is -3.69. The van der Waals surface area contributed by atoms with Gasteiger partial charge >= 0.3 is 0 Å². The molecule has 0 aliphatic rings. The summed E-state index contributed by atoms with van der Waals surface area (Å²) in [4.78, 5) is 14.8. The highest BCUT2D eigenvalue weighted by Crippen LogP contribution is 2.09. The summed E-state index contributed by atoms with van der Waals surface area (Å²) in [5.74, 6) is -0.0301. The van der Waals surface area contributed by atoms with Crippen LogP contribution in [0.25, 0.3) is 0 Å². The van der Waals surface area contributed by atoms with E-state index in [4.69, 9.17) is 11.5 Å². The molecule has 1 aromatic carbocycles. The van der Waals surface area contributed by atoms with Gasteiger partial charge in [-0.25, -0.2) is 13.1 Å². The van der Waals surface area contributed by atoms with E-state index in [1.165, 1.54) is 12.1 Å². The maximum absolute atomic E-state index is 12.0. The average Bonchev–Trinajstić information content (AvgIpc) is 2.43. The molecule has 7 nitrogen and oxygen atoms in total. The zero-order valence-electron chi connectivity index (χ0n) is 10.9. The van der Waals surface area contributed by atoms with Gasteiger partial charge in [-0.05, 0) is 25.0 Å². The molecule has 5 N–H and O–H groups in total. The van der Waals surface area contributed by atoms with E-state index in [2.05, 4.69) is 9.71 Å². The summed E-state index contributed by atoms with van der Waals surface area (Å²) in [6.07, 6.45) is 1.39. The molecule has 20 heavy (non-hydrogen) atoms. The Morgan fingerprint density at radius 1 is 1.30 bits per heavy atom. The number of nitrogens with zero attached hydrogens (tertiary/aromatic N) is 1. The molecule has 0 aromatic heterocycles. The number of hydrogen-bond acceptors (Lipinski definition) is 4. The highest BCUT2D eigenvalue weighted by Gasteiger charge is 2.18. The van der Waals surface area contributed by atoms with Crippen LogP contribution in [0.15, 0.2) is 40.2 Å². The molecule has 110 valence electrons. The van der Waals surface area contributed by atoms with E-state index in [1.807, 2.05) is 0 Å². The topological polar surface area (TPSA) is 128 Å². The second-order valence-corrected chi connectivity index (χ2v) is 5.84. The van der Waals surface area contributed by atoms with Crippen LogP contribution in [0.3, 0.4) is 0 Å². The molecular weight excluding hydrogens is 280 g/mol. The highest BCUT2D eigenvalue weighted by molar-refractivity contribution is 7.89. The summed E-state index contributed by atoms with van der Waals surface area (Å²) in [5, 5.41) is 0. The molecule has 8 heteroatoms. The van der Waals surface area contributed by atoms with Crippen molar-refractivity contribution in [2.45, 2.75) is 23.8 Å². The Hall–Kier alpha value is -1.93. The van der Waals surface area contributed by atoms with Crippen molar-refractivity contribution in [3.05, 3.63) is 30.3 Å². The number of rotatable bonds is 8. The molecular formula is C12H18N4O3S. The Balaban J connectivity index is 2.60. The van der Waals surface area contributed by atoms with E-state index in [0.717, 1.165) is 0 Å².